The van der Waals surface area contributed by atoms with Crippen LogP contribution < -0.4 is 16.4 Å². The maximum Gasteiger partial charge on any atom is 0.316 e. The summed E-state index contributed by atoms with van der Waals surface area (Å²) in [5, 5.41) is 6.08. The van der Waals surface area contributed by atoms with Gasteiger partial charge in [0.2, 0.25) is 0 Å². The zero-order valence-corrected chi connectivity index (χ0v) is 11.2. The van der Waals surface area contributed by atoms with Crippen molar-refractivity contribution in [1.29, 1.82) is 0 Å². The monoisotopic (exact) mass is 249 g/mol. The second-order valence-electron chi connectivity index (χ2n) is 4.49. The highest BCUT2D eigenvalue weighted by molar-refractivity contribution is 5.88. The summed E-state index contributed by atoms with van der Waals surface area (Å²) in [6.07, 6.45) is 4.64. The van der Waals surface area contributed by atoms with E-state index in [4.69, 9.17) is 5.73 Å². The summed E-state index contributed by atoms with van der Waals surface area (Å²) in [5.41, 5.74) is 6.84. The van der Waals surface area contributed by atoms with E-state index in [0.717, 1.165) is 37.1 Å². The highest BCUT2D eigenvalue weighted by Gasteiger charge is 2.06. The Labute approximate surface area is 109 Å². The predicted molar refractivity (Wildman–Crippen MR) is 76.9 cm³/mol. The van der Waals surface area contributed by atoms with Crippen molar-refractivity contribution in [1.82, 2.24) is 0 Å². The molecule has 1 rings (SSSR count). The Morgan fingerprint density at radius 3 is 2.39 bits per heavy atom. The molecular formula is C14H23N3O. The van der Waals surface area contributed by atoms with Gasteiger partial charge in [-0.15, -0.1) is 0 Å². The molecule has 0 bridgehead atoms. The molecule has 0 unspecified atom stereocenters. The minimum atomic E-state index is -0.536. The number of rotatable bonds is 7. The van der Waals surface area contributed by atoms with Crippen LogP contribution >= 0.6 is 0 Å². The molecule has 1 aromatic rings. The van der Waals surface area contributed by atoms with E-state index in [1.165, 1.54) is 0 Å². The molecule has 0 fully saturated rings. The first-order valence-corrected chi connectivity index (χ1v) is 6.58. The lowest BCUT2D eigenvalue weighted by Crippen LogP contribution is -2.20. The molecule has 1 aromatic carbocycles. The predicted octanol–water partition coefficient (Wildman–Crippen LogP) is 3.56. The first kappa shape index (κ1) is 14.4. The van der Waals surface area contributed by atoms with Crippen LogP contribution in [0.3, 0.4) is 0 Å². The zero-order chi connectivity index (χ0) is 13.4. The van der Waals surface area contributed by atoms with Gasteiger partial charge in [0.05, 0.1) is 0 Å². The van der Waals surface area contributed by atoms with Crippen molar-refractivity contribution in [2.45, 2.75) is 45.6 Å². The summed E-state index contributed by atoms with van der Waals surface area (Å²) >= 11 is 0. The largest absolute Gasteiger partial charge is 0.382 e. The van der Waals surface area contributed by atoms with Gasteiger partial charge in [0.1, 0.15) is 0 Å². The first-order valence-electron chi connectivity index (χ1n) is 6.58. The van der Waals surface area contributed by atoms with Crippen LogP contribution in [0.2, 0.25) is 0 Å². The van der Waals surface area contributed by atoms with Crippen molar-refractivity contribution in [3.8, 4) is 0 Å². The van der Waals surface area contributed by atoms with Crippen molar-refractivity contribution < 1.29 is 4.79 Å². The zero-order valence-electron chi connectivity index (χ0n) is 11.2. The summed E-state index contributed by atoms with van der Waals surface area (Å²) in [6, 6.07) is 7.59. The molecule has 0 spiro atoms. The molecule has 0 aliphatic carbocycles. The number of benzene rings is 1. The lowest BCUT2D eigenvalue weighted by Gasteiger charge is -2.19. The first-order chi connectivity index (χ1) is 8.65. The van der Waals surface area contributed by atoms with Crippen LogP contribution in [0, 0.1) is 0 Å². The van der Waals surface area contributed by atoms with Gasteiger partial charge < -0.3 is 16.4 Å². The molecular weight excluding hydrogens is 226 g/mol. The third-order valence-corrected chi connectivity index (χ3v) is 2.78. The maximum absolute atomic E-state index is 10.8. The van der Waals surface area contributed by atoms with E-state index in [1.54, 1.807) is 0 Å². The highest BCUT2D eigenvalue weighted by atomic mass is 16.2. The third kappa shape index (κ3) is 5.08. The smallest absolute Gasteiger partial charge is 0.316 e. The maximum atomic E-state index is 10.8. The van der Waals surface area contributed by atoms with E-state index in [1.807, 2.05) is 24.3 Å². The molecule has 2 amide bonds. The Balaban J connectivity index is 2.66. The number of primary amides is 1. The van der Waals surface area contributed by atoms with Crippen LogP contribution in [0.5, 0.6) is 0 Å². The van der Waals surface area contributed by atoms with Gasteiger partial charge in [-0.2, -0.15) is 0 Å². The van der Waals surface area contributed by atoms with Crippen LogP contribution in [0.4, 0.5) is 16.2 Å². The number of anilines is 2. The van der Waals surface area contributed by atoms with E-state index in [2.05, 4.69) is 24.5 Å². The molecule has 0 heterocycles. The Hall–Kier alpha value is -1.71. The standard InChI is InChI=1S/C14H23N3O/c1-3-6-11(7-4-2)16-12-8-5-9-13(10-12)17-14(15)18/h5,8-11,16H,3-4,6-7H2,1-2H3,(H3,15,17,18). The summed E-state index contributed by atoms with van der Waals surface area (Å²) < 4.78 is 0. The van der Waals surface area contributed by atoms with Crippen molar-refractivity contribution in [3.05, 3.63) is 24.3 Å². The molecule has 0 saturated heterocycles. The molecule has 0 aliphatic heterocycles. The lowest BCUT2D eigenvalue weighted by molar-refractivity contribution is 0.259. The van der Waals surface area contributed by atoms with Crippen LogP contribution in [-0.2, 0) is 0 Å². The van der Waals surface area contributed by atoms with E-state index in [9.17, 15) is 4.79 Å². The van der Waals surface area contributed by atoms with Crippen molar-refractivity contribution in [2.75, 3.05) is 10.6 Å². The number of hydrogen-bond donors (Lipinski definition) is 3. The Morgan fingerprint density at radius 2 is 1.83 bits per heavy atom. The number of urea groups is 1. The summed E-state index contributed by atoms with van der Waals surface area (Å²) in [4.78, 5) is 10.8. The fourth-order valence-corrected chi connectivity index (χ4v) is 2.05. The van der Waals surface area contributed by atoms with Gasteiger partial charge in [-0.25, -0.2) is 4.79 Å². The molecule has 4 nitrogen and oxygen atoms in total. The quantitative estimate of drug-likeness (QED) is 0.691. The van der Waals surface area contributed by atoms with Crippen molar-refractivity contribution in [2.24, 2.45) is 5.73 Å². The average molecular weight is 249 g/mol. The van der Waals surface area contributed by atoms with E-state index in [0.29, 0.717) is 6.04 Å². The van der Waals surface area contributed by atoms with Crippen molar-refractivity contribution >= 4 is 17.4 Å². The van der Waals surface area contributed by atoms with Gasteiger partial charge in [0.25, 0.3) is 0 Å². The van der Waals surface area contributed by atoms with Crippen molar-refractivity contribution in [3.63, 3.8) is 0 Å². The number of carbonyl (C=O) groups is 1. The van der Waals surface area contributed by atoms with Crippen LogP contribution in [0.1, 0.15) is 39.5 Å². The second-order valence-corrected chi connectivity index (χ2v) is 4.49. The molecule has 0 aliphatic rings. The summed E-state index contributed by atoms with van der Waals surface area (Å²) in [7, 11) is 0. The molecule has 4 N–H and O–H groups in total. The van der Waals surface area contributed by atoms with E-state index < -0.39 is 6.03 Å². The van der Waals surface area contributed by atoms with Gasteiger partial charge in [0.15, 0.2) is 0 Å². The van der Waals surface area contributed by atoms with Gasteiger partial charge in [0, 0.05) is 17.4 Å². The summed E-state index contributed by atoms with van der Waals surface area (Å²) in [6.45, 7) is 4.38. The average Bonchev–Trinajstić information content (AvgIpc) is 2.29. The molecule has 4 heteroatoms. The van der Waals surface area contributed by atoms with E-state index >= 15 is 0 Å². The topological polar surface area (TPSA) is 67.2 Å². The molecule has 0 atom stereocenters. The Bertz CT molecular complexity index is 373. The fraction of sp³-hybridized carbons (Fsp3) is 0.500. The van der Waals surface area contributed by atoms with Crippen LogP contribution in [0.15, 0.2) is 24.3 Å². The molecule has 0 aromatic heterocycles. The van der Waals surface area contributed by atoms with E-state index in [-0.39, 0.29) is 0 Å². The van der Waals surface area contributed by atoms with Gasteiger partial charge in [-0.05, 0) is 31.0 Å². The number of carbonyl (C=O) groups excluding carboxylic acids is 1. The normalized spacial score (nSPS) is 10.4. The molecule has 100 valence electrons. The summed E-state index contributed by atoms with van der Waals surface area (Å²) in [5.74, 6) is 0. The fourth-order valence-electron chi connectivity index (χ4n) is 2.05. The minimum absolute atomic E-state index is 0.490. The highest BCUT2D eigenvalue weighted by Crippen LogP contribution is 2.18. The van der Waals surface area contributed by atoms with Crippen LogP contribution in [-0.4, -0.2) is 12.1 Å². The Kier molecular flexibility index (Phi) is 6.05. The SMILES string of the molecule is CCCC(CCC)Nc1cccc(NC(N)=O)c1. The number of nitrogens with one attached hydrogen (secondary N) is 2. The second kappa shape index (κ2) is 7.58. The number of hydrogen-bond acceptors (Lipinski definition) is 2. The third-order valence-electron chi connectivity index (χ3n) is 2.78. The van der Waals surface area contributed by atoms with Gasteiger partial charge >= 0.3 is 6.03 Å². The Morgan fingerprint density at radius 1 is 1.22 bits per heavy atom. The minimum Gasteiger partial charge on any atom is -0.382 e. The lowest BCUT2D eigenvalue weighted by atomic mass is 10.1. The van der Waals surface area contributed by atoms with Gasteiger partial charge in [-0.1, -0.05) is 32.8 Å². The molecule has 18 heavy (non-hydrogen) atoms. The number of amides is 2. The number of nitrogens with two attached hydrogens (primary N) is 1. The molecule has 0 radical (unpaired) electrons. The van der Waals surface area contributed by atoms with Crippen LogP contribution in [0.25, 0.3) is 0 Å². The molecule has 0 saturated carbocycles. The van der Waals surface area contributed by atoms with Gasteiger partial charge in [-0.3, -0.25) is 0 Å².